The fraction of sp³-hybridized carbons (Fsp3) is 0.688. The number of likely N-dealkylation sites (N-methyl/N-ethyl adjacent to an activating group) is 1. The van der Waals surface area contributed by atoms with Crippen LogP contribution in [-0.4, -0.2) is 37.3 Å². The highest BCUT2D eigenvalue weighted by Crippen LogP contribution is 2.18. The molecule has 0 radical (unpaired) electrons. The van der Waals surface area contributed by atoms with Crippen molar-refractivity contribution in [1.29, 1.82) is 0 Å². The molecule has 112 valence electrons. The summed E-state index contributed by atoms with van der Waals surface area (Å²) in [4.78, 5) is 6.84. The van der Waals surface area contributed by atoms with Crippen molar-refractivity contribution in [3.8, 4) is 0 Å². The summed E-state index contributed by atoms with van der Waals surface area (Å²) in [6.45, 7) is 9.18. The molecule has 1 aromatic rings. The molecule has 1 saturated heterocycles. The van der Waals surface area contributed by atoms with Gasteiger partial charge in [0, 0.05) is 32.4 Å². The van der Waals surface area contributed by atoms with Gasteiger partial charge in [0.1, 0.15) is 5.82 Å². The second-order valence-electron chi connectivity index (χ2n) is 5.37. The molecule has 1 aliphatic heterocycles. The summed E-state index contributed by atoms with van der Waals surface area (Å²) < 4.78 is 5.73. The maximum atomic E-state index is 5.73. The Morgan fingerprint density at radius 1 is 1.45 bits per heavy atom. The van der Waals surface area contributed by atoms with Crippen LogP contribution in [0.4, 0.5) is 5.82 Å². The number of ether oxygens (including phenoxy) is 1. The molecule has 1 atom stereocenters. The van der Waals surface area contributed by atoms with Gasteiger partial charge in [-0.05, 0) is 50.4 Å². The number of nitrogens with zero attached hydrogens (tertiary/aromatic N) is 2. The zero-order valence-corrected chi connectivity index (χ0v) is 12.8. The average molecular weight is 277 g/mol. The molecule has 20 heavy (non-hydrogen) atoms. The van der Waals surface area contributed by atoms with Crippen molar-refractivity contribution < 1.29 is 4.74 Å². The molecular formula is C16H27N3O. The van der Waals surface area contributed by atoms with E-state index in [1.165, 1.54) is 18.4 Å². The van der Waals surface area contributed by atoms with E-state index in [-0.39, 0.29) is 0 Å². The third kappa shape index (κ3) is 4.46. The van der Waals surface area contributed by atoms with E-state index >= 15 is 0 Å². The van der Waals surface area contributed by atoms with E-state index in [1.807, 2.05) is 6.20 Å². The molecule has 4 heteroatoms. The standard InChI is InChI=1S/C16H27N3O/c1-3-8-17-12-14-7-9-18-16(11-14)19(4-2)13-15-6-5-10-20-15/h7,9,11,15,17H,3-6,8,10,12-13H2,1-2H3. The van der Waals surface area contributed by atoms with Crippen LogP contribution in [0.1, 0.15) is 38.7 Å². The van der Waals surface area contributed by atoms with Gasteiger partial charge in [-0.1, -0.05) is 6.92 Å². The molecule has 1 aromatic heterocycles. The number of aromatic nitrogens is 1. The van der Waals surface area contributed by atoms with E-state index in [0.717, 1.165) is 45.0 Å². The van der Waals surface area contributed by atoms with Gasteiger partial charge in [-0.15, -0.1) is 0 Å². The summed E-state index contributed by atoms with van der Waals surface area (Å²) in [6.07, 6.45) is 5.82. The lowest BCUT2D eigenvalue weighted by atomic mass is 10.2. The number of hydrogen-bond donors (Lipinski definition) is 1. The lowest BCUT2D eigenvalue weighted by Gasteiger charge is -2.25. The first kappa shape index (κ1) is 15.3. The van der Waals surface area contributed by atoms with Gasteiger partial charge >= 0.3 is 0 Å². The molecule has 2 heterocycles. The Morgan fingerprint density at radius 2 is 2.35 bits per heavy atom. The molecule has 1 fully saturated rings. The van der Waals surface area contributed by atoms with Gasteiger partial charge in [-0.3, -0.25) is 0 Å². The van der Waals surface area contributed by atoms with Crippen molar-refractivity contribution in [2.45, 2.75) is 45.8 Å². The highest BCUT2D eigenvalue weighted by atomic mass is 16.5. The van der Waals surface area contributed by atoms with Crippen LogP contribution < -0.4 is 10.2 Å². The van der Waals surface area contributed by atoms with E-state index in [1.54, 1.807) is 0 Å². The summed E-state index contributed by atoms with van der Waals surface area (Å²) in [5.74, 6) is 1.07. The van der Waals surface area contributed by atoms with Crippen molar-refractivity contribution in [3.63, 3.8) is 0 Å². The lowest BCUT2D eigenvalue weighted by molar-refractivity contribution is 0.115. The van der Waals surface area contributed by atoms with E-state index in [9.17, 15) is 0 Å². The Hall–Kier alpha value is -1.13. The Bertz CT molecular complexity index is 391. The molecule has 1 aliphatic rings. The Balaban J connectivity index is 1.95. The maximum Gasteiger partial charge on any atom is 0.128 e. The largest absolute Gasteiger partial charge is 0.376 e. The molecule has 2 rings (SSSR count). The molecule has 1 N–H and O–H groups in total. The van der Waals surface area contributed by atoms with Crippen molar-refractivity contribution >= 4 is 5.82 Å². The van der Waals surface area contributed by atoms with Gasteiger partial charge in [0.05, 0.1) is 6.10 Å². The molecular weight excluding hydrogens is 250 g/mol. The zero-order chi connectivity index (χ0) is 14.2. The van der Waals surface area contributed by atoms with Gasteiger partial charge in [0.15, 0.2) is 0 Å². The second kappa shape index (κ2) is 8.22. The minimum atomic E-state index is 0.374. The normalized spacial score (nSPS) is 18.4. The number of pyridine rings is 1. The third-order valence-electron chi connectivity index (χ3n) is 3.72. The summed E-state index contributed by atoms with van der Waals surface area (Å²) in [5.41, 5.74) is 1.30. The van der Waals surface area contributed by atoms with Gasteiger partial charge < -0.3 is 15.0 Å². The minimum absolute atomic E-state index is 0.374. The molecule has 0 amide bonds. The predicted molar refractivity (Wildman–Crippen MR) is 83.1 cm³/mol. The van der Waals surface area contributed by atoms with Crippen LogP contribution >= 0.6 is 0 Å². The third-order valence-corrected chi connectivity index (χ3v) is 3.72. The summed E-state index contributed by atoms with van der Waals surface area (Å²) in [6, 6.07) is 4.28. The van der Waals surface area contributed by atoms with Gasteiger partial charge in [-0.2, -0.15) is 0 Å². The van der Waals surface area contributed by atoms with Crippen LogP contribution in [0, 0.1) is 0 Å². The molecule has 0 spiro atoms. The first-order chi connectivity index (χ1) is 9.83. The highest BCUT2D eigenvalue weighted by Gasteiger charge is 2.19. The number of hydrogen-bond acceptors (Lipinski definition) is 4. The number of rotatable bonds is 8. The monoisotopic (exact) mass is 277 g/mol. The summed E-state index contributed by atoms with van der Waals surface area (Å²) >= 11 is 0. The van der Waals surface area contributed by atoms with Crippen molar-refractivity contribution in [3.05, 3.63) is 23.9 Å². The van der Waals surface area contributed by atoms with E-state index in [0.29, 0.717) is 6.10 Å². The molecule has 0 bridgehead atoms. The zero-order valence-electron chi connectivity index (χ0n) is 12.8. The van der Waals surface area contributed by atoms with E-state index in [4.69, 9.17) is 4.74 Å². The van der Waals surface area contributed by atoms with Crippen LogP contribution in [0.15, 0.2) is 18.3 Å². The van der Waals surface area contributed by atoms with Crippen molar-refractivity contribution in [2.75, 3.05) is 31.1 Å². The van der Waals surface area contributed by atoms with Crippen LogP contribution in [0.3, 0.4) is 0 Å². The SMILES string of the molecule is CCCNCc1ccnc(N(CC)CC2CCCO2)c1. The number of nitrogens with one attached hydrogen (secondary N) is 1. The average Bonchev–Trinajstić information content (AvgIpc) is 2.98. The van der Waals surface area contributed by atoms with Crippen LogP contribution in [0.5, 0.6) is 0 Å². The number of anilines is 1. The fourth-order valence-electron chi connectivity index (χ4n) is 2.57. The quantitative estimate of drug-likeness (QED) is 0.741. The minimum Gasteiger partial charge on any atom is -0.376 e. The van der Waals surface area contributed by atoms with Gasteiger partial charge in [0.2, 0.25) is 0 Å². The molecule has 1 unspecified atom stereocenters. The van der Waals surface area contributed by atoms with E-state index in [2.05, 4.69) is 41.2 Å². The van der Waals surface area contributed by atoms with Gasteiger partial charge in [0.25, 0.3) is 0 Å². The molecule has 0 aromatic carbocycles. The van der Waals surface area contributed by atoms with Crippen LogP contribution in [0.2, 0.25) is 0 Å². The first-order valence-corrected chi connectivity index (χ1v) is 7.85. The van der Waals surface area contributed by atoms with Gasteiger partial charge in [-0.25, -0.2) is 4.98 Å². The lowest BCUT2D eigenvalue weighted by Crippen LogP contribution is -2.32. The second-order valence-corrected chi connectivity index (χ2v) is 5.37. The molecule has 4 nitrogen and oxygen atoms in total. The Morgan fingerprint density at radius 3 is 3.05 bits per heavy atom. The molecule has 0 saturated carbocycles. The Kier molecular flexibility index (Phi) is 6.27. The molecule has 0 aliphatic carbocycles. The smallest absolute Gasteiger partial charge is 0.128 e. The predicted octanol–water partition coefficient (Wildman–Crippen LogP) is 2.59. The van der Waals surface area contributed by atoms with E-state index < -0.39 is 0 Å². The van der Waals surface area contributed by atoms with Crippen molar-refractivity contribution in [1.82, 2.24) is 10.3 Å². The fourth-order valence-corrected chi connectivity index (χ4v) is 2.57. The Labute approximate surface area is 122 Å². The highest BCUT2D eigenvalue weighted by molar-refractivity contribution is 5.41. The summed E-state index contributed by atoms with van der Waals surface area (Å²) in [7, 11) is 0. The summed E-state index contributed by atoms with van der Waals surface area (Å²) in [5, 5.41) is 3.44. The van der Waals surface area contributed by atoms with Crippen LogP contribution in [-0.2, 0) is 11.3 Å². The first-order valence-electron chi connectivity index (χ1n) is 7.85. The van der Waals surface area contributed by atoms with Crippen molar-refractivity contribution in [2.24, 2.45) is 0 Å². The maximum absolute atomic E-state index is 5.73. The van der Waals surface area contributed by atoms with Crippen LogP contribution in [0.25, 0.3) is 0 Å². The topological polar surface area (TPSA) is 37.4 Å².